The lowest BCUT2D eigenvalue weighted by atomic mass is 10.1. The topological polar surface area (TPSA) is 55.1 Å². The van der Waals surface area contributed by atoms with Crippen molar-refractivity contribution in [3.63, 3.8) is 0 Å². The molecule has 0 atom stereocenters. The molecular weight excluding hydrogens is 295 g/mol. The molecule has 0 radical (unpaired) electrons. The normalized spacial score (nSPS) is 10.9. The highest BCUT2D eigenvalue weighted by atomic mass is 19.1. The number of aryl methyl sites for hydroxylation is 1. The van der Waals surface area contributed by atoms with Gasteiger partial charge in [0.05, 0.1) is 6.42 Å². The number of hydrogen-bond acceptors (Lipinski definition) is 3. The minimum atomic E-state index is -0.242. The van der Waals surface area contributed by atoms with E-state index in [1.807, 2.05) is 18.2 Å². The molecule has 0 bridgehead atoms. The standard InChI is InChI=1S/C18H17FN2O2/c1-12-21-16-10-13(6-7-17(16)23-12)11-18(22)20-9-8-14-4-2-3-5-15(14)19/h2-7,10H,8-9,11H2,1H3,(H,20,22). The summed E-state index contributed by atoms with van der Waals surface area (Å²) in [7, 11) is 0. The van der Waals surface area contributed by atoms with Crippen molar-refractivity contribution in [1.29, 1.82) is 0 Å². The van der Waals surface area contributed by atoms with Gasteiger partial charge in [-0.3, -0.25) is 4.79 Å². The molecule has 1 N–H and O–H groups in total. The molecule has 1 aromatic heterocycles. The highest BCUT2D eigenvalue weighted by molar-refractivity contribution is 5.81. The number of aromatic nitrogens is 1. The van der Waals surface area contributed by atoms with Crippen molar-refractivity contribution in [3.05, 3.63) is 65.3 Å². The van der Waals surface area contributed by atoms with E-state index in [0.717, 1.165) is 11.1 Å². The number of oxazole rings is 1. The van der Waals surface area contributed by atoms with E-state index in [9.17, 15) is 9.18 Å². The number of rotatable bonds is 5. The van der Waals surface area contributed by atoms with E-state index in [1.54, 1.807) is 25.1 Å². The van der Waals surface area contributed by atoms with Gasteiger partial charge in [0, 0.05) is 13.5 Å². The molecule has 3 rings (SSSR count). The van der Waals surface area contributed by atoms with Crippen molar-refractivity contribution in [3.8, 4) is 0 Å². The van der Waals surface area contributed by atoms with Gasteiger partial charge in [0.25, 0.3) is 0 Å². The third kappa shape index (κ3) is 3.74. The zero-order valence-electron chi connectivity index (χ0n) is 12.8. The van der Waals surface area contributed by atoms with Crippen LogP contribution in [0.5, 0.6) is 0 Å². The molecule has 0 saturated carbocycles. The molecule has 0 spiro atoms. The Morgan fingerprint density at radius 2 is 2.09 bits per heavy atom. The average molecular weight is 312 g/mol. The maximum Gasteiger partial charge on any atom is 0.224 e. The zero-order valence-corrected chi connectivity index (χ0v) is 12.8. The fourth-order valence-electron chi connectivity index (χ4n) is 2.48. The van der Waals surface area contributed by atoms with E-state index in [4.69, 9.17) is 4.42 Å². The molecule has 1 amide bonds. The Morgan fingerprint density at radius 1 is 1.26 bits per heavy atom. The smallest absolute Gasteiger partial charge is 0.224 e. The molecule has 4 nitrogen and oxygen atoms in total. The van der Waals surface area contributed by atoms with Crippen LogP contribution in [0, 0.1) is 12.7 Å². The predicted octanol–water partition coefficient (Wildman–Crippen LogP) is 3.18. The monoisotopic (exact) mass is 312 g/mol. The van der Waals surface area contributed by atoms with Crippen molar-refractivity contribution >= 4 is 17.0 Å². The summed E-state index contributed by atoms with van der Waals surface area (Å²) in [5, 5.41) is 2.81. The Morgan fingerprint density at radius 3 is 2.91 bits per heavy atom. The maximum absolute atomic E-state index is 13.5. The van der Waals surface area contributed by atoms with Gasteiger partial charge in [-0.1, -0.05) is 24.3 Å². The predicted molar refractivity (Wildman–Crippen MR) is 85.6 cm³/mol. The third-order valence-electron chi connectivity index (χ3n) is 3.60. The van der Waals surface area contributed by atoms with Crippen molar-refractivity contribution in [2.24, 2.45) is 0 Å². The number of nitrogens with zero attached hydrogens (tertiary/aromatic N) is 1. The number of halogens is 1. The van der Waals surface area contributed by atoms with Crippen LogP contribution >= 0.6 is 0 Å². The summed E-state index contributed by atoms with van der Waals surface area (Å²) in [5.41, 5.74) is 2.94. The summed E-state index contributed by atoms with van der Waals surface area (Å²) >= 11 is 0. The van der Waals surface area contributed by atoms with Crippen LogP contribution in [0.15, 0.2) is 46.9 Å². The van der Waals surface area contributed by atoms with Gasteiger partial charge >= 0.3 is 0 Å². The maximum atomic E-state index is 13.5. The quantitative estimate of drug-likeness (QED) is 0.787. The van der Waals surface area contributed by atoms with E-state index in [0.29, 0.717) is 30.0 Å². The first-order valence-electron chi connectivity index (χ1n) is 7.48. The number of carbonyl (C=O) groups excluding carboxylic acids is 1. The molecule has 1 heterocycles. The van der Waals surface area contributed by atoms with E-state index in [2.05, 4.69) is 10.3 Å². The molecule has 5 heteroatoms. The van der Waals surface area contributed by atoms with E-state index in [-0.39, 0.29) is 18.1 Å². The van der Waals surface area contributed by atoms with Gasteiger partial charge in [0.1, 0.15) is 11.3 Å². The molecule has 0 saturated heterocycles. The first-order chi connectivity index (χ1) is 11.1. The first-order valence-corrected chi connectivity index (χ1v) is 7.48. The molecular formula is C18H17FN2O2. The Labute approximate surface area is 133 Å². The van der Waals surface area contributed by atoms with Gasteiger partial charge in [-0.15, -0.1) is 0 Å². The molecule has 0 fully saturated rings. The number of amides is 1. The highest BCUT2D eigenvalue weighted by Gasteiger charge is 2.07. The summed E-state index contributed by atoms with van der Waals surface area (Å²) < 4.78 is 18.9. The molecule has 0 unspecified atom stereocenters. The van der Waals surface area contributed by atoms with Gasteiger partial charge in [0.15, 0.2) is 11.5 Å². The summed E-state index contributed by atoms with van der Waals surface area (Å²) in [4.78, 5) is 16.2. The van der Waals surface area contributed by atoms with E-state index in [1.165, 1.54) is 6.07 Å². The number of carbonyl (C=O) groups is 1. The largest absolute Gasteiger partial charge is 0.441 e. The van der Waals surface area contributed by atoms with Crippen LogP contribution in [0.4, 0.5) is 4.39 Å². The van der Waals surface area contributed by atoms with Crippen LogP contribution in [0.2, 0.25) is 0 Å². The molecule has 3 aromatic rings. The van der Waals surface area contributed by atoms with Crippen LogP contribution in [0.1, 0.15) is 17.0 Å². The van der Waals surface area contributed by atoms with Crippen LogP contribution in [0.3, 0.4) is 0 Å². The average Bonchev–Trinajstić information content (AvgIpc) is 2.88. The number of hydrogen-bond donors (Lipinski definition) is 1. The Bertz CT molecular complexity index is 842. The van der Waals surface area contributed by atoms with E-state index < -0.39 is 0 Å². The van der Waals surface area contributed by atoms with Gasteiger partial charge in [-0.2, -0.15) is 0 Å². The van der Waals surface area contributed by atoms with Gasteiger partial charge in [0.2, 0.25) is 5.91 Å². The lowest BCUT2D eigenvalue weighted by Gasteiger charge is -2.06. The Balaban J connectivity index is 1.55. The van der Waals surface area contributed by atoms with Gasteiger partial charge in [-0.25, -0.2) is 9.37 Å². The molecule has 0 aliphatic heterocycles. The highest BCUT2D eigenvalue weighted by Crippen LogP contribution is 2.17. The second-order valence-electron chi connectivity index (χ2n) is 5.40. The number of fused-ring (bicyclic) bond motifs is 1. The first kappa shape index (κ1) is 15.2. The van der Waals surface area contributed by atoms with Crippen LogP contribution in [-0.2, 0) is 17.6 Å². The lowest BCUT2D eigenvalue weighted by molar-refractivity contribution is -0.120. The number of nitrogens with one attached hydrogen (secondary N) is 1. The molecule has 23 heavy (non-hydrogen) atoms. The summed E-state index contributed by atoms with van der Waals surface area (Å²) in [6.07, 6.45) is 0.735. The summed E-state index contributed by atoms with van der Waals surface area (Å²) in [6, 6.07) is 12.1. The minimum Gasteiger partial charge on any atom is -0.441 e. The van der Waals surface area contributed by atoms with Gasteiger partial charge < -0.3 is 9.73 Å². The molecule has 0 aliphatic carbocycles. The minimum absolute atomic E-state index is 0.0964. The second-order valence-corrected chi connectivity index (χ2v) is 5.40. The van der Waals surface area contributed by atoms with Crippen molar-refractivity contribution in [1.82, 2.24) is 10.3 Å². The molecule has 118 valence electrons. The Hall–Kier alpha value is -2.69. The fraction of sp³-hybridized carbons (Fsp3) is 0.222. The summed E-state index contributed by atoms with van der Waals surface area (Å²) in [6.45, 7) is 2.19. The van der Waals surface area contributed by atoms with Crippen molar-refractivity contribution in [2.75, 3.05) is 6.54 Å². The zero-order chi connectivity index (χ0) is 16.2. The summed E-state index contributed by atoms with van der Waals surface area (Å²) in [5.74, 6) is 0.265. The molecule has 0 aliphatic rings. The lowest BCUT2D eigenvalue weighted by Crippen LogP contribution is -2.27. The third-order valence-corrected chi connectivity index (χ3v) is 3.60. The van der Waals surface area contributed by atoms with E-state index >= 15 is 0 Å². The fourth-order valence-corrected chi connectivity index (χ4v) is 2.48. The van der Waals surface area contributed by atoms with Crippen LogP contribution < -0.4 is 5.32 Å². The molecule has 2 aromatic carbocycles. The van der Waals surface area contributed by atoms with Crippen LogP contribution in [-0.4, -0.2) is 17.4 Å². The second kappa shape index (κ2) is 6.60. The van der Waals surface area contributed by atoms with Crippen molar-refractivity contribution in [2.45, 2.75) is 19.8 Å². The van der Waals surface area contributed by atoms with Crippen molar-refractivity contribution < 1.29 is 13.6 Å². The Kier molecular flexibility index (Phi) is 4.37. The SMILES string of the molecule is Cc1nc2cc(CC(=O)NCCc3ccccc3F)ccc2o1. The van der Waals surface area contributed by atoms with Gasteiger partial charge in [-0.05, 0) is 35.7 Å². The van der Waals surface area contributed by atoms with Crippen LogP contribution in [0.25, 0.3) is 11.1 Å². The number of benzene rings is 2.